The van der Waals surface area contributed by atoms with Crippen molar-refractivity contribution < 1.29 is 14.3 Å². The van der Waals surface area contributed by atoms with Crippen LogP contribution in [0.2, 0.25) is 0 Å². The van der Waals surface area contributed by atoms with E-state index in [2.05, 4.69) is 39.8 Å². The van der Waals surface area contributed by atoms with Gasteiger partial charge in [0.15, 0.2) is 0 Å². The molecule has 0 aliphatic carbocycles. The fourth-order valence-electron chi connectivity index (χ4n) is 5.04. The molecule has 0 atom stereocenters. The van der Waals surface area contributed by atoms with Gasteiger partial charge in [-0.2, -0.15) is 0 Å². The average molecular weight is 496 g/mol. The number of amides is 1. The van der Waals surface area contributed by atoms with Crippen molar-refractivity contribution in [1.82, 2.24) is 4.90 Å². The maximum Gasteiger partial charge on any atom is 0.338 e. The summed E-state index contributed by atoms with van der Waals surface area (Å²) in [5.74, 6) is -0.612. The summed E-state index contributed by atoms with van der Waals surface area (Å²) >= 11 is 0. The van der Waals surface area contributed by atoms with E-state index < -0.39 is 5.97 Å². The number of nitrogens with zero attached hydrogens (tertiary/aromatic N) is 1. The van der Waals surface area contributed by atoms with E-state index in [9.17, 15) is 9.59 Å². The van der Waals surface area contributed by atoms with Gasteiger partial charge in [-0.1, -0.05) is 61.4 Å². The van der Waals surface area contributed by atoms with Crippen LogP contribution >= 0.6 is 0 Å². The average Bonchev–Trinajstić information content (AvgIpc) is 3.05. The molecule has 0 radical (unpaired) electrons. The van der Waals surface area contributed by atoms with Gasteiger partial charge < -0.3 is 15.4 Å². The maximum atomic E-state index is 13.2. The van der Waals surface area contributed by atoms with Crippen LogP contribution in [0.4, 0.5) is 11.4 Å². The van der Waals surface area contributed by atoms with Gasteiger partial charge in [0, 0.05) is 17.8 Å². The molecular formula is C31H33N3O3. The van der Waals surface area contributed by atoms with Crippen molar-refractivity contribution in [2.24, 2.45) is 0 Å². The summed E-state index contributed by atoms with van der Waals surface area (Å²) in [4.78, 5) is 28.0. The van der Waals surface area contributed by atoms with E-state index in [0.29, 0.717) is 23.4 Å². The molecule has 37 heavy (non-hydrogen) atoms. The molecule has 0 unspecified atom stereocenters. The lowest BCUT2D eigenvalue weighted by molar-refractivity contribution is -0.110. The Hall–Kier alpha value is -3.90. The molecule has 0 saturated carbocycles. The number of fused-ring (bicyclic) bond motifs is 1. The number of ether oxygens (including phenoxy) is 1. The van der Waals surface area contributed by atoms with Gasteiger partial charge in [0.1, 0.15) is 0 Å². The van der Waals surface area contributed by atoms with Crippen LogP contribution < -0.4 is 10.6 Å². The molecule has 6 heteroatoms. The van der Waals surface area contributed by atoms with Crippen molar-refractivity contribution in [2.45, 2.75) is 39.2 Å². The van der Waals surface area contributed by atoms with E-state index in [1.165, 1.54) is 31.2 Å². The van der Waals surface area contributed by atoms with Gasteiger partial charge in [0.2, 0.25) is 0 Å². The Labute approximate surface area is 218 Å². The van der Waals surface area contributed by atoms with E-state index >= 15 is 0 Å². The summed E-state index contributed by atoms with van der Waals surface area (Å²) in [6, 6.07) is 23.5. The molecule has 0 spiro atoms. The summed E-state index contributed by atoms with van der Waals surface area (Å²) < 4.78 is 5.12. The molecule has 2 aliphatic rings. The Morgan fingerprint density at radius 3 is 2.35 bits per heavy atom. The molecular weight excluding hydrogens is 462 g/mol. The molecule has 3 aromatic carbocycles. The lowest BCUT2D eigenvalue weighted by Gasteiger charge is -2.20. The van der Waals surface area contributed by atoms with Crippen LogP contribution in [0, 0.1) is 0 Å². The van der Waals surface area contributed by atoms with Crippen molar-refractivity contribution >= 4 is 34.5 Å². The summed E-state index contributed by atoms with van der Waals surface area (Å²) in [6.45, 7) is 5.36. The fraction of sp³-hybridized carbons (Fsp3) is 0.290. The van der Waals surface area contributed by atoms with Crippen LogP contribution in [-0.2, 0) is 16.1 Å². The van der Waals surface area contributed by atoms with Crippen LogP contribution in [0.15, 0.2) is 72.8 Å². The van der Waals surface area contributed by atoms with Crippen molar-refractivity contribution in [1.29, 1.82) is 0 Å². The zero-order chi connectivity index (χ0) is 25.6. The van der Waals surface area contributed by atoms with Gasteiger partial charge in [-0.25, -0.2) is 4.79 Å². The van der Waals surface area contributed by atoms with Crippen LogP contribution in [0.25, 0.3) is 11.3 Å². The second-order valence-corrected chi connectivity index (χ2v) is 9.56. The highest BCUT2D eigenvalue weighted by Gasteiger charge is 2.29. The number of hydrogen-bond donors (Lipinski definition) is 2. The Morgan fingerprint density at radius 1 is 0.919 bits per heavy atom. The third-order valence-electron chi connectivity index (χ3n) is 6.92. The summed E-state index contributed by atoms with van der Waals surface area (Å²) in [6.07, 6.45) is 5.21. The molecule has 2 heterocycles. The molecule has 5 rings (SSSR count). The molecule has 0 aromatic heterocycles. The SMILES string of the molecule is CCOC(=O)c1ccc2c(c1)NC(=O)C2=C(Nc1ccc(CN2CCCCCC2)cc1)c1ccccc1. The number of carbonyl (C=O) groups excluding carboxylic acids is 2. The van der Waals surface area contributed by atoms with Gasteiger partial charge in [0.25, 0.3) is 5.91 Å². The van der Waals surface area contributed by atoms with Gasteiger partial charge in [-0.3, -0.25) is 9.69 Å². The standard InChI is InChI=1S/C31H33N3O3/c1-2-37-31(36)24-14-17-26-27(20-24)33-30(35)28(26)29(23-10-6-5-7-11-23)32-25-15-12-22(13-16-25)21-34-18-8-3-4-9-19-34/h5-7,10-17,20,32H,2-4,8-9,18-19,21H2,1H3,(H,33,35). The number of anilines is 2. The summed E-state index contributed by atoms with van der Waals surface area (Å²) in [5.41, 5.74) is 6.15. The molecule has 1 saturated heterocycles. The van der Waals surface area contributed by atoms with Gasteiger partial charge in [0.05, 0.1) is 29.1 Å². The monoisotopic (exact) mass is 495 g/mol. The number of hydrogen-bond acceptors (Lipinski definition) is 5. The van der Waals surface area contributed by atoms with Crippen LogP contribution in [0.3, 0.4) is 0 Å². The zero-order valence-electron chi connectivity index (χ0n) is 21.3. The Balaban J connectivity index is 1.45. The largest absolute Gasteiger partial charge is 0.462 e. The normalized spacial score (nSPS) is 16.9. The van der Waals surface area contributed by atoms with Crippen LogP contribution in [-0.4, -0.2) is 36.5 Å². The first-order chi connectivity index (χ1) is 18.1. The minimum absolute atomic E-state index is 0.208. The van der Waals surface area contributed by atoms with E-state index in [1.807, 2.05) is 36.4 Å². The lowest BCUT2D eigenvalue weighted by atomic mass is 9.99. The quantitative estimate of drug-likeness (QED) is 0.303. The molecule has 2 N–H and O–H groups in total. The third-order valence-corrected chi connectivity index (χ3v) is 6.92. The van der Waals surface area contributed by atoms with Crippen molar-refractivity contribution in [3.63, 3.8) is 0 Å². The maximum absolute atomic E-state index is 13.2. The highest BCUT2D eigenvalue weighted by atomic mass is 16.5. The second kappa shape index (κ2) is 11.4. The molecule has 0 bridgehead atoms. The molecule has 6 nitrogen and oxygen atoms in total. The molecule has 2 aliphatic heterocycles. The number of likely N-dealkylation sites (tertiary alicyclic amines) is 1. The Kier molecular flexibility index (Phi) is 7.66. The summed E-state index contributed by atoms with van der Waals surface area (Å²) in [7, 11) is 0. The van der Waals surface area contributed by atoms with E-state index in [1.54, 1.807) is 19.1 Å². The minimum Gasteiger partial charge on any atom is -0.462 e. The van der Waals surface area contributed by atoms with E-state index in [4.69, 9.17) is 4.74 Å². The topological polar surface area (TPSA) is 70.7 Å². The smallest absolute Gasteiger partial charge is 0.338 e. The number of esters is 1. The number of nitrogens with one attached hydrogen (secondary N) is 2. The molecule has 1 amide bonds. The van der Waals surface area contributed by atoms with Crippen LogP contribution in [0.1, 0.15) is 59.7 Å². The third kappa shape index (κ3) is 5.75. The number of benzene rings is 3. The highest BCUT2D eigenvalue weighted by Crippen LogP contribution is 2.38. The zero-order valence-corrected chi connectivity index (χ0v) is 21.3. The summed E-state index contributed by atoms with van der Waals surface area (Å²) in [5, 5.41) is 6.45. The first-order valence-electron chi connectivity index (χ1n) is 13.1. The fourth-order valence-corrected chi connectivity index (χ4v) is 5.04. The van der Waals surface area contributed by atoms with Gasteiger partial charge in [-0.15, -0.1) is 0 Å². The van der Waals surface area contributed by atoms with Crippen molar-refractivity contribution in [2.75, 3.05) is 30.3 Å². The van der Waals surface area contributed by atoms with E-state index in [-0.39, 0.29) is 5.91 Å². The van der Waals surface area contributed by atoms with Gasteiger partial charge in [-0.05, 0) is 68.2 Å². The predicted molar refractivity (Wildman–Crippen MR) is 148 cm³/mol. The highest BCUT2D eigenvalue weighted by molar-refractivity contribution is 6.37. The minimum atomic E-state index is -0.404. The lowest BCUT2D eigenvalue weighted by Crippen LogP contribution is -2.23. The van der Waals surface area contributed by atoms with Crippen molar-refractivity contribution in [3.8, 4) is 0 Å². The Bertz CT molecular complexity index is 1290. The Morgan fingerprint density at radius 2 is 1.65 bits per heavy atom. The van der Waals surface area contributed by atoms with Crippen LogP contribution in [0.5, 0.6) is 0 Å². The molecule has 3 aromatic rings. The van der Waals surface area contributed by atoms with Crippen molar-refractivity contribution in [3.05, 3.63) is 95.1 Å². The first-order valence-corrected chi connectivity index (χ1v) is 13.1. The molecule has 190 valence electrons. The number of rotatable bonds is 7. The van der Waals surface area contributed by atoms with E-state index in [0.717, 1.165) is 42.1 Å². The predicted octanol–water partition coefficient (Wildman–Crippen LogP) is 6.17. The number of carbonyl (C=O) groups is 2. The van der Waals surface area contributed by atoms with Gasteiger partial charge >= 0.3 is 5.97 Å². The second-order valence-electron chi connectivity index (χ2n) is 9.56. The molecule has 1 fully saturated rings. The first kappa shape index (κ1) is 24.8.